The van der Waals surface area contributed by atoms with Crippen molar-refractivity contribution in [2.75, 3.05) is 0 Å². The van der Waals surface area contributed by atoms with E-state index in [0.717, 1.165) is 41.5 Å². The summed E-state index contributed by atoms with van der Waals surface area (Å²) in [5.74, 6) is 0.901. The third kappa shape index (κ3) is 3.07. The smallest absolute Gasteiger partial charge is 0.242 e. The molecule has 1 aliphatic heterocycles. The standard InChI is InChI=1S/C22H23N3O2/c26-21(15-25-14-16-7-1-3-9-18(16)24-25)23-19-13-22(11-5-6-12-22)27-20-10-4-2-8-17(19)20/h1-4,7-10,14,19H,5-6,11-13,15H2,(H,23,26). The highest BCUT2D eigenvalue weighted by atomic mass is 16.5. The van der Waals surface area contributed by atoms with Crippen molar-refractivity contribution in [1.82, 2.24) is 15.1 Å². The van der Waals surface area contributed by atoms with Crippen LogP contribution in [0.5, 0.6) is 5.75 Å². The summed E-state index contributed by atoms with van der Waals surface area (Å²) < 4.78 is 8.10. The number of nitrogens with zero attached hydrogens (tertiary/aromatic N) is 2. The van der Waals surface area contributed by atoms with Gasteiger partial charge in [-0.15, -0.1) is 0 Å². The van der Waals surface area contributed by atoms with E-state index in [9.17, 15) is 4.79 Å². The Kier molecular flexibility index (Phi) is 3.88. The average molecular weight is 361 g/mol. The van der Waals surface area contributed by atoms with Crippen molar-refractivity contribution in [2.45, 2.75) is 50.3 Å². The van der Waals surface area contributed by atoms with Crippen LogP contribution in [-0.4, -0.2) is 21.3 Å². The Balaban J connectivity index is 1.36. The molecule has 3 aromatic rings. The fraction of sp³-hybridized carbons (Fsp3) is 0.364. The highest BCUT2D eigenvalue weighted by Gasteiger charge is 2.43. The summed E-state index contributed by atoms with van der Waals surface area (Å²) in [5, 5.41) is 8.78. The van der Waals surface area contributed by atoms with Crippen LogP contribution in [0, 0.1) is 0 Å². The van der Waals surface area contributed by atoms with Gasteiger partial charge in [-0.25, -0.2) is 0 Å². The third-order valence-electron chi connectivity index (χ3n) is 5.81. The van der Waals surface area contributed by atoms with E-state index >= 15 is 0 Å². The number of carbonyl (C=O) groups is 1. The van der Waals surface area contributed by atoms with Gasteiger partial charge in [0.15, 0.2) is 0 Å². The van der Waals surface area contributed by atoms with Crippen LogP contribution in [0.2, 0.25) is 0 Å². The zero-order valence-corrected chi connectivity index (χ0v) is 15.2. The largest absolute Gasteiger partial charge is 0.487 e. The lowest BCUT2D eigenvalue weighted by Crippen LogP contribution is -2.44. The Morgan fingerprint density at radius 2 is 1.93 bits per heavy atom. The maximum Gasteiger partial charge on any atom is 0.242 e. The van der Waals surface area contributed by atoms with Crippen molar-refractivity contribution in [3.05, 3.63) is 60.3 Å². The molecule has 2 aliphatic rings. The van der Waals surface area contributed by atoms with Crippen LogP contribution in [0.1, 0.15) is 43.7 Å². The minimum absolute atomic E-state index is 0.00877. The lowest BCUT2D eigenvalue weighted by molar-refractivity contribution is -0.123. The number of nitrogens with one attached hydrogen (secondary N) is 1. The number of rotatable bonds is 3. The van der Waals surface area contributed by atoms with Gasteiger partial charge in [0, 0.05) is 23.6 Å². The van der Waals surface area contributed by atoms with Crippen molar-refractivity contribution in [3.63, 3.8) is 0 Å². The van der Waals surface area contributed by atoms with Gasteiger partial charge >= 0.3 is 0 Å². The molecule has 1 saturated carbocycles. The van der Waals surface area contributed by atoms with Crippen molar-refractivity contribution < 1.29 is 9.53 Å². The molecule has 1 atom stereocenters. The van der Waals surface area contributed by atoms with E-state index in [-0.39, 0.29) is 24.1 Å². The Bertz CT molecular complexity index is 955. The topological polar surface area (TPSA) is 56.2 Å². The summed E-state index contributed by atoms with van der Waals surface area (Å²) in [7, 11) is 0. The maximum atomic E-state index is 12.8. The van der Waals surface area contributed by atoms with Crippen LogP contribution in [0.4, 0.5) is 0 Å². The molecule has 1 aromatic heterocycles. The molecule has 1 N–H and O–H groups in total. The fourth-order valence-corrected chi connectivity index (χ4v) is 4.56. The van der Waals surface area contributed by atoms with Crippen molar-refractivity contribution >= 4 is 16.8 Å². The zero-order chi connectivity index (χ0) is 18.3. The molecule has 5 heteroatoms. The number of fused-ring (bicyclic) bond motifs is 2. The number of carbonyl (C=O) groups excluding carboxylic acids is 1. The molecule has 2 heterocycles. The number of benzene rings is 2. The molecule has 0 saturated heterocycles. The molecule has 1 aliphatic carbocycles. The molecular formula is C22H23N3O2. The lowest BCUT2D eigenvalue weighted by atomic mass is 9.86. The van der Waals surface area contributed by atoms with Crippen LogP contribution in [0.3, 0.4) is 0 Å². The van der Waals surface area contributed by atoms with Gasteiger partial charge in [-0.2, -0.15) is 5.10 Å². The highest BCUT2D eigenvalue weighted by molar-refractivity contribution is 5.80. The first-order valence-corrected chi connectivity index (χ1v) is 9.70. The SMILES string of the molecule is O=C(Cn1cc2ccccc2n1)NC1CC2(CCCC2)Oc2ccccc21. The second-order valence-corrected chi connectivity index (χ2v) is 7.74. The molecule has 0 bridgehead atoms. The van der Waals surface area contributed by atoms with Gasteiger partial charge in [0.05, 0.1) is 11.6 Å². The Morgan fingerprint density at radius 1 is 1.15 bits per heavy atom. The third-order valence-corrected chi connectivity index (χ3v) is 5.81. The Hall–Kier alpha value is -2.82. The minimum atomic E-state index is -0.118. The van der Waals surface area contributed by atoms with Gasteiger partial charge in [0.2, 0.25) is 5.91 Å². The predicted octanol–water partition coefficient (Wildman–Crippen LogP) is 3.99. The molecule has 5 nitrogen and oxygen atoms in total. The normalized spacial score (nSPS) is 20.4. The Labute approximate surface area is 158 Å². The summed E-state index contributed by atoms with van der Waals surface area (Å²) in [6, 6.07) is 16.0. The monoisotopic (exact) mass is 361 g/mol. The second kappa shape index (κ2) is 6.41. The molecule has 1 fully saturated rings. The van der Waals surface area contributed by atoms with Crippen LogP contribution >= 0.6 is 0 Å². The Morgan fingerprint density at radius 3 is 2.78 bits per heavy atom. The van der Waals surface area contributed by atoms with Crippen LogP contribution < -0.4 is 10.1 Å². The summed E-state index contributed by atoms with van der Waals surface area (Å²) in [5.41, 5.74) is 1.87. The first-order chi connectivity index (χ1) is 13.2. The van der Waals surface area contributed by atoms with E-state index < -0.39 is 0 Å². The fourth-order valence-electron chi connectivity index (χ4n) is 4.56. The van der Waals surface area contributed by atoms with Gasteiger partial charge < -0.3 is 10.1 Å². The number of ether oxygens (including phenoxy) is 1. The van der Waals surface area contributed by atoms with Crippen LogP contribution in [0.15, 0.2) is 54.7 Å². The van der Waals surface area contributed by atoms with E-state index in [1.165, 1.54) is 12.8 Å². The maximum absolute atomic E-state index is 12.8. The molecule has 2 aromatic carbocycles. The summed E-state index contributed by atoms with van der Waals surface area (Å²) in [6.45, 7) is 0.223. The highest BCUT2D eigenvalue weighted by Crippen LogP contribution is 2.46. The van der Waals surface area contributed by atoms with Crippen LogP contribution in [0.25, 0.3) is 10.9 Å². The second-order valence-electron chi connectivity index (χ2n) is 7.74. The summed E-state index contributed by atoms with van der Waals surface area (Å²) >= 11 is 0. The first-order valence-electron chi connectivity index (χ1n) is 9.70. The molecule has 5 rings (SSSR count). The zero-order valence-electron chi connectivity index (χ0n) is 15.2. The van der Waals surface area contributed by atoms with E-state index in [2.05, 4.69) is 16.5 Å². The summed E-state index contributed by atoms with van der Waals surface area (Å²) in [6.07, 6.45) is 7.30. The van der Waals surface area contributed by atoms with E-state index in [1.807, 2.05) is 48.7 Å². The number of amides is 1. The molecule has 1 unspecified atom stereocenters. The van der Waals surface area contributed by atoms with Gasteiger partial charge in [0.25, 0.3) is 0 Å². The van der Waals surface area contributed by atoms with Crippen molar-refractivity contribution in [1.29, 1.82) is 0 Å². The molecule has 27 heavy (non-hydrogen) atoms. The first kappa shape index (κ1) is 16.4. The summed E-state index contributed by atoms with van der Waals surface area (Å²) in [4.78, 5) is 12.8. The number of aromatic nitrogens is 2. The average Bonchev–Trinajstić information content (AvgIpc) is 3.27. The van der Waals surface area contributed by atoms with E-state index in [4.69, 9.17) is 4.74 Å². The minimum Gasteiger partial charge on any atom is -0.487 e. The van der Waals surface area contributed by atoms with Crippen molar-refractivity contribution in [2.24, 2.45) is 0 Å². The molecular weight excluding hydrogens is 338 g/mol. The predicted molar refractivity (Wildman–Crippen MR) is 104 cm³/mol. The van der Waals surface area contributed by atoms with Gasteiger partial charge in [-0.05, 0) is 37.8 Å². The number of hydrogen-bond donors (Lipinski definition) is 1. The van der Waals surface area contributed by atoms with Gasteiger partial charge in [0.1, 0.15) is 17.9 Å². The van der Waals surface area contributed by atoms with E-state index in [1.54, 1.807) is 4.68 Å². The molecule has 138 valence electrons. The quantitative estimate of drug-likeness (QED) is 0.767. The van der Waals surface area contributed by atoms with E-state index in [0.29, 0.717) is 0 Å². The van der Waals surface area contributed by atoms with Gasteiger partial charge in [-0.1, -0.05) is 36.4 Å². The van der Waals surface area contributed by atoms with Crippen molar-refractivity contribution in [3.8, 4) is 5.75 Å². The number of hydrogen-bond acceptors (Lipinski definition) is 3. The molecule has 1 amide bonds. The van der Waals surface area contributed by atoms with Gasteiger partial charge in [-0.3, -0.25) is 9.48 Å². The molecule has 1 spiro atoms. The molecule has 0 radical (unpaired) electrons. The van der Waals surface area contributed by atoms with Crippen LogP contribution in [-0.2, 0) is 11.3 Å². The number of para-hydroxylation sites is 1. The lowest BCUT2D eigenvalue weighted by Gasteiger charge is -2.40.